The Morgan fingerprint density at radius 2 is 2.33 bits per heavy atom. The molecular weight excluding hydrogens is 140 g/mol. The molecule has 3 nitrogen and oxygen atoms in total. The van der Waals surface area contributed by atoms with Crippen LogP contribution in [0.3, 0.4) is 0 Å². The van der Waals surface area contributed by atoms with E-state index in [1.165, 1.54) is 6.20 Å². The molecule has 0 amide bonds. The van der Waals surface area contributed by atoms with E-state index in [2.05, 4.69) is 9.97 Å². The van der Waals surface area contributed by atoms with Crippen LogP contribution in [-0.2, 0) is 5.11 Å². The van der Waals surface area contributed by atoms with Gasteiger partial charge < -0.3 is 0 Å². The fraction of sp³-hybridized carbons (Fsp3) is 0.200. The summed E-state index contributed by atoms with van der Waals surface area (Å²) in [6.45, 7) is 1.66. The zero-order valence-corrected chi connectivity index (χ0v) is 5.51. The highest BCUT2D eigenvalue weighted by atomic mass is 35.5. The molecule has 1 heterocycles. The maximum absolute atomic E-state index is 10.4. The minimum atomic E-state index is -0.489. The Kier molecular flexibility index (Phi) is 1.53. The summed E-state index contributed by atoms with van der Waals surface area (Å²) >= 11 is 5.52. The number of aromatic nitrogens is 2. The van der Waals surface area contributed by atoms with Crippen molar-refractivity contribution in [3.8, 4) is 6.01 Å². The first kappa shape index (κ1) is 6.29. The third kappa shape index (κ3) is 1.29. The van der Waals surface area contributed by atoms with Crippen LogP contribution in [0.1, 0.15) is 5.69 Å². The molecule has 1 rings (SSSR count). The molecule has 4 heteroatoms. The molecular formula is C5H4ClN2O. The van der Waals surface area contributed by atoms with Gasteiger partial charge in [0.1, 0.15) is 0 Å². The summed E-state index contributed by atoms with van der Waals surface area (Å²) in [5.41, 5.74) is 0.525. The first-order chi connectivity index (χ1) is 4.20. The second-order valence-corrected chi connectivity index (χ2v) is 1.99. The van der Waals surface area contributed by atoms with Crippen molar-refractivity contribution in [3.05, 3.63) is 16.9 Å². The monoisotopic (exact) mass is 143 g/mol. The molecule has 0 aliphatic carbocycles. The highest BCUT2D eigenvalue weighted by molar-refractivity contribution is 6.31. The Hall–Kier alpha value is -0.830. The summed E-state index contributed by atoms with van der Waals surface area (Å²) in [4.78, 5) is 6.82. The molecule has 0 unspecified atom stereocenters. The van der Waals surface area contributed by atoms with Crippen LogP contribution in [0.2, 0.25) is 5.02 Å². The number of aryl methyl sites for hydroxylation is 1. The highest BCUT2D eigenvalue weighted by Crippen LogP contribution is 2.12. The smallest absolute Gasteiger partial charge is 0.244 e. The lowest BCUT2D eigenvalue weighted by molar-refractivity contribution is 0.318. The normalized spacial score (nSPS) is 9.56. The van der Waals surface area contributed by atoms with E-state index in [-0.39, 0.29) is 0 Å². The average molecular weight is 144 g/mol. The predicted octanol–water partition coefficient (Wildman–Crippen LogP) is 1.58. The highest BCUT2D eigenvalue weighted by Gasteiger charge is 1.98. The molecule has 0 saturated heterocycles. The maximum Gasteiger partial charge on any atom is 0.367 e. The van der Waals surface area contributed by atoms with E-state index >= 15 is 0 Å². The Morgan fingerprint density at radius 1 is 1.67 bits per heavy atom. The molecule has 0 aliphatic rings. The van der Waals surface area contributed by atoms with Gasteiger partial charge in [-0.15, -0.1) is 0 Å². The molecule has 47 valence electrons. The van der Waals surface area contributed by atoms with Gasteiger partial charge in [0, 0.05) is 0 Å². The van der Waals surface area contributed by atoms with Gasteiger partial charge >= 0.3 is 6.01 Å². The van der Waals surface area contributed by atoms with E-state index in [9.17, 15) is 5.11 Å². The van der Waals surface area contributed by atoms with Crippen molar-refractivity contribution in [2.45, 2.75) is 6.92 Å². The van der Waals surface area contributed by atoms with Crippen LogP contribution in [0.25, 0.3) is 0 Å². The van der Waals surface area contributed by atoms with Crippen LogP contribution >= 0.6 is 11.6 Å². The number of rotatable bonds is 0. The summed E-state index contributed by atoms with van der Waals surface area (Å²) in [7, 11) is 0. The second kappa shape index (κ2) is 2.19. The molecule has 0 atom stereocenters. The molecule has 0 bridgehead atoms. The van der Waals surface area contributed by atoms with Crippen LogP contribution in [0.5, 0.6) is 6.01 Å². The van der Waals surface area contributed by atoms with E-state index in [0.717, 1.165) is 0 Å². The van der Waals surface area contributed by atoms with Gasteiger partial charge in [0.05, 0.1) is 16.9 Å². The number of hydrogen-bond donors (Lipinski definition) is 0. The molecule has 0 saturated carbocycles. The summed E-state index contributed by atoms with van der Waals surface area (Å²) in [5, 5.41) is 10.8. The Bertz CT molecular complexity index is 226. The molecule has 1 aromatic heterocycles. The van der Waals surface area contributed by atoms with Gasteiger partial charge in [0.25, 0.3) is 0 Å². The van der Waals surface area contributed by atoms with Gasteiger partial charge in [0.2, 0.25) is 0 Å². The Labute approximate surface area is 57.3 Å². The number of hydrogen-bond acceptors (Lipinski definition) is 2. The van der Waals surface area contributed by atoms with Gasteiger partial charge in [-0.25, -0.2) is 5.11 Å². The molecule has 1 radical (unpaired) electrons. The van der Waals surface area contributed by atoms with Crippen LogP contribution in [0.4, 0.5) is 0 Å². The fourth-order valence-electron chi connectivity index (χ4n) is 0.431. The molecule has 0 aromatic carbocycles. The maximum atomic E-state index is 10.4. The van der Waals surface area contributed by atoms with Crippen LogP contribution in [0, 0.1) is 6.92 Å². The van der Waals surface area contributed by atoms with Crippen molar-refractivity contribution in [2.75, 3.05) is 0 Å². The van der Waals surface area contributed by atoms with Crippen LogP contribution in [-0.4, -0.2) is 9.97 Å². The lowest BCUT2D eigenvalue weighted by Gasteiger charge is -1.91. The molecule has 1 aromatic rings. The zero-order valence-electron chi connectivity index (χ0n) is 4.76. The molecule has 0 spiro atoms. The van der Waals surface area contributed by atoms with Crippen molar-refractivity contribution in [3.63, 3.8) is 0 Å². The topological polar surface area (TPSA) is 45.7 Å². The van der Waals surface area contributed by atoms with Gasteiger partial charge in [0.15, 0.2) is 0 Å². The number of nitrogens with zero attached hydrogens (tertiary/aromatic N) is 2. The third-order valence-corrected chi connectivity index (χ3v) is 1.27. The van der Waals surface area contributed by atoms with E-state index in [4.69, 9.17) is 11.6 Å². The van der Waals surface area contributed by atoms with Gasteiger partial charge in [-0.1, -0.05) is 11.6 Å². The zero-order chi connectivity index (χ0) is 6.85. The van der Waals surface area contributed by atoms with E-state index < -0.39 is 6.01 Å². The first-order valence-corrected chi connectivity index (χ1v) is 2.74. The fourth-order valence-corrected chi connectivity index (χ4v) is 0.522. The third-order valence-electron chi connectivity index (χ3n) is 0.897. The average Bonchev–Trinajstić information content (AvgIpc) is 1.80. The van der Waals surface area contributed by atoms with E-state index in [0.29, 0.717) is 10.7 Å². The molecule has 0 fully saturated rings. The van der Waals surface area contributed by atoms with Crippen LogP contribution in [0.15, 0.2) is 6.20 Å². The lowest BCUT2D eigenvalue weighted by Crippen LogP contribution is -1.83. The van der Waals surface area contributed by atoms with Crippen LogP contribution < -0.4 is 0 Å². The molecule has 9 heavy (non-hydrogen) atoms. The summed E-state index contributed by atoms with van der Waals surface area (Å²) in [5.74, 6) is 0. The quantitative estimate of drug-likeness (QED) is 0.554. The Morgan fingerprint density at radius 3 is 2.78 bits per heavy atom. The lowest BCUT2D eigenvalue weighted by atomic mass is 10.5. The van der Waals surface area contributed by atoms with Crippen molar-refractivity contribution in [1.82, 2.24) is 9.97 Å². The van der Waals surface area contributed by atoms with E-state index in [1.54, 1.807) is 6.92 Å². The van der Waals surface area contributed by atoms with Crippen molar-refractivity contribution in [2.24, 2.45) is 0 Å². The largest absolute Gasteiger partial charge is 0.367 e. The number of halogens is 1. The van der Waals surface area contributed by atoms with Crippen molar-refractivity contribution < 1.29 is 5.11 Å². The van der Waals surface area contributed by atoms with Gasteiger partial charge in [-0.05, 0) is 6.92 Å². The predicted molar refractivity (Wildman–Crippen MR) is 31.9 cm³/mol. The second-order valence-electron chi connectivity index (χ2n) is 1.59. The van der Waals surface area contributed by atoms with Crippen molar-refractivity contribution >= 4 is 11.6 Å². The molecule has 0 aliphatic heterocycles. The minimum Gasteiger partial charge on any atom is -0.244 e. The molecule has 0 N–H and O–H groups in total. The van der Waals surface area contributed by atoms with Crippen molar-refractivity contribution in [1.29, 1.82) is 0 Å². The summed E-state index contributed by atoms with van der Waals surface area (Å²) in [6, 6.07) is -0.489. The first-order valence-electron chi connectivity index (χ1n) is 2.36. The summed E-state index contributed by atoms with van der Waals surface area (Å²) in [6.07, 6.45) is 1.30. The van der Waals surface area contributed by atoms with Gasteiger partial charge in [-0.2, -0.15) is 9.97 Å². The SMILES string of the molecule is Cc1nc([O])ncc1Cl. The van der Waals surface area contributed by atoms with E-state index in [1.807, 2.05) is 0 Å². The minimum absolute atomic E-state index is 0.426. The standard InChI is InChI=1S/C5H4ClN2O/c1-3-4(6)2-7-5(9)8-3/h2H,1H3. The Balaban J connectivity index is 3.17. The summed E-state index contributed by atoms with van der Waals surface area (Å²) < 4.78 is 0. The van der Waals surface area contributed by atoms with Gasteiger partial charge in [-0.3, -0.25) is 0 Å².